The molecule has 120 valence electrons. The fourth-order valence-electron chi connectivity index (χ4n) is 2.77. The summed E-state index contributed by atoms with van der Waals surface area (Å²) in [5.74, 6) is -1.55. The Balaban J connectivity index is 2.07. The molecule has 2 rings (SSSR count). The number of hydrogen-bond acceptors (Lipinski definition) is 4. The van der Waals surface area contributed by atoms with Gasteiger partial charge in [-0.25, -0.2) is 4.79 Å². The van der Waals surface area contributed by atoms with Gasteiger partial charge in [-0.15, -0.1) is 0 Å². The monoisotopic (exact) mass is 300 g/mol. The second-order valence-corrected chi connectivity index (χ2v) is 5.54. The number of rotatable bonds is 7. The Morgan fingerprint density at radius 2 is 2.00 bits per heavy atom. The number of aliphatic carboxylic acids is 1. The molecular weight excluding hydrogens is 276 g/mol. The summed E-state index contributed by atoms with van der Waals surface area (Å²) < 4.78 is 10.4. The minimum Gasteiger partial charge on any atom is -0.481 e. The highest BCUT2D eigenvalue weighted by Crippen LogP contribution is 2.29. The molecule has 1 saturated heterocycles. The van der Waals surface area contributed by atoms with E-state index in [-0.39, 0.29) is 24.7 Å². The molecule has 0 bridgehead atoms. The molecule has 1 heterocycles. The normalized spacial score (nSPS) is 24.9. The Hall–Kier alpha value is -1.34. The average Bonchev–Trinajstić information content (AvgIpc) is 3.17. The van der Waals surface area contributed by atoms with Gasteiger partial charge in [-0.2, -0.15) is 0 Å². The maximum Gasteiger partial charge on any atom is 0.320 e. The van der Waals surface area contributed by atoms with Gasteiger partial charge < -0.3 is 24.4 Å². The molecule has 1 N–H and O–H groups in total. The summed E-state index contributed by atoms with van der Waals surface area (Å²) in [6.07, 6.45) is 2.02. The third-order valence-corrected chi connectivity index (χ3v) is 4.12. The highest BCUT2D eigenvalue weighted by Gasteiger charge is 2.42. The quantitative estimate of drug-likeness (QED) is 0.746. The lowest BCUT2D eigenvalue weighted by Gasteiger charge is -2.34. The van der Waals surface area contributed by atoms with E-state index in [0.717, 1.165) is 12.8 Å². The fraction of sp³-hybridized carbons (Fsp3) is 0.857. The number of hydrogen-bond donors (Lipinski definition) is 1. The zero-order chi connectivity index (χ0) is 15.4. The summed E-state index contributed by atoms with van der Waals surface area (Å²) in [6.45, 7) is 3.85. The zero-order valence-corrected chi connectivity index (χ0v) is 12.7. The van der Waals surface area contributed by atoms with E-state index in [1.807, 2.05) is 11.8 Å². The lowest BCUT2D eigenvalue weighted by Crippen LogP contribution is -2.53. The van der Waals surface area contributed by atoms with Gasteiger partial charge in [0.05, 0.1) is 25.9 Å². The van der Waals surface area contributed by atoms with Gasteiger partial charge in [0.15, 0.2) is 0 Å². The van der Waals surface area contributed by atoms with Gasteiger partial charge in [0.2, 0.25) is 0 Å². The summed E-state index contributed by atoms with van der Waals surface area (Å²) in [6, 6.07) is -0.213. The van der Waals surface area contributed by atoms with Crippen LogP contribution in [0.3, 0.4) is 0 Å². The Morgan fingerprint density at radius 3 is 2.52 bits per heavy atom. The van der Waals surface area contributed by atoms with Crippen molar-refractivity contribution >= 4 is 12.0 Å². The van der Waals surface area contributed by atoms with Crippen LogP contribution in [0.15, 0.2) is 0 Å². The molecule has 7 heteroatoms. The first-order valence-corrected chi connectivity index (χ1v) is 7.46. The molecule has 0 aromatic carbocycles. The molecule has 1 aliphatic heterocycles. The molecule has 2 unspecified atom stereocenters. The van der Waals surface area contributed by atoms with Crippen molar-refractivity contribution in [3.8, 4) is 0 Å². The standard InChI is InChI=1S/C14H24N2O5/c1-3-15(12-9-21-8-11(12)13(17)18)14(19)16(6-7-20-2)10-4-5-10/h10-12H,3-9H2,1-2H3,(H,17,18). The fourth-order valence-corrected chi connectivity index (χ4v) is 2.77. The number of urea groups is 1. The first kappa shape index (κ1) is 16.0. The second-order valence-electron chi connectivity index (χ2n) is 5.54. The van der Waals surface area contributed by atoms with E-state index < -0.39 is 11.9 Å². The van der Waals surface area contributed by atoms with Gasteiger partial charge in [-0.1, -0.05) is 0 Å². The maximum absolute atomic E-state index is 12.8. The van der Waals surface area contributed by atoms with Gasteiger partial charge in [0.1, 0.15) is 5.92 Å². The number of carbonyl (C=O) groups is 2. The molecule has 2 amide bonds. The lowest BCUT2D eigenvalue weighted by atomic mass is 10.0. The van der Waals surface area contributed by atoms with E-state index in [1.54, 1.807) is 12.0 Å². The molecule has 1 aliphatic carbocycles. The van der Waals surface area contributed by atoms with E-state index in [2.05, 4.69) is 0 Å². The van der Waals surface area contributed by atoms with Crippen molar-refractivity contribution in [2.45, 2.75) is 31.8 Å². The number of carboxylic acid groups (broad SMARTS) is 1. The van der Waals surface area contributed by atoms with Crippen molar-refractivity contribution < 1.29 is 24.2 Å². The maximum atomic E-state index is 12.8. The van der Waals surface area contributed by atoms with Crippen LogP contribution in [0.5, 0.6) is 0 Å². The largest absolute Gasteiger partial charge is 0.481 e. The van der Waals surface area contributed by atoms with Crippen LogP contribution in [0, 0.1) is 5.92 Å². The number of carboxylic acids is 1. The predicted octanol–water partition coefficient (Wildman–Crippen LogP) is 0.639. The topological polar surface area (TPSA) is 79.3 Å². The Morgan fingerprint density at radius 1 is 1.29 bits per heavy atom. The van der Waals surface area contributed by atoms with Crippen molar-refractivity contribution in [2.75, 3.05) is 40.0 Å². The minimum atomic E-state index is -0.904. The molecule has 7 nitrogen and oxygen atoms in total. The van der Waals surface area contributed by atoms with Crippen molar-refractivity contribution in [3.63, 3.8) is 0 Å². The SMILES string of the molecule is CCN(C(=O)N(CCOC)C1CC1)C1COCC1C(=O)O. The molecule has 0 spiro atoms. The van der Waals surface area contributed by atoms with Gasteiger partial charge in [0, 0.05) is 26.2 Å². The number of carbonyl (C=O) groups excluding carboxylic acids is 1. The van der Waals surface area contributed by atoms with Crippen LogP contribution in [0.2, 0.25) is 0 Å². The van der Waals surface area contributed by atoms with Gasteiger partial charge in [-0.3, -0.25) is 4.79 Å². The van der Waals surface area contributed by atoms with Crippen LogP contribution >= 0.6 is 0 Å². The molecule has 2 fully saturated rings. The Kier molecular flexibility index (Phi) is 5.41. The van der Waals surface area contributed by atoms with Crippen LogP contribution in [0.25, 0.3) is 0 Å². The number of amides is 2. The Bertz CT molecular complexity index is 386. The minimum absolute atomic E-state index is 0.0983. The molecule has 1 saturated carbocycles. The van der Waals surface area contributed by atoms with Crippen molar-refractivity contribution in [1.82, 2.24) is 9.80 Å². The number of methoxy groups -OCH3 is 1. The molecule has 21 heavy (non-hydrogen) atoms. The highest BCUT2D eigenvalue weighted by molar-refractivity contribution is 5.78. The molecule has 2 aliphatic rings. The van der Waals surface area contributed by atoms with Gasteiger partial charge >= 0.3 is 12.0 Å². The van der Waals surface area contributed by atoms with E-state index >= 15 is 0 Å². The summed E-state index contributed by atoms with van der Waals surface area (Å²) >= 11 is 0. The summed E-state index contributed by atoms with van der Waals surface area (Å²) in [4.78, 5) is 27.5. The van der Waals surface area contributed by atoms with Gasteiger partial charge in [-0.05, 0) is 19.8 Å². The summed E-state index contributed by atoms with van der Waals surface area (Å²) in [5, 5.41) is 9.26. The highest BCUT2D eigenvalue weighted by atomic mass is 16.5. The number of nitrogens with zero attached hydrogens (tertiary/aromatic N) is 2. The van der Waals surface area contributed by atoms with Crippen LogP contribution in [-0.4, -0.2) is 79.0 Å². The third kappa shape index (κ3) is 3.65. The Labute approximate surface area is 124 Å². The van der Waals surface area contributed by atoms with Crippen LogP contribution in [0.1, 0.15) is 19.8 Å². The predicted molar refractivity (Wildman–Crippen MR) is 75.1 cm³/mol. The van der Waals surface area contributed by atoms with Crippen molar-refractivity contribution in [3.05, 3.63) is 0 Å². The van der Waals surface area contributed by atoms with Crippen molar-refractivity contribution in [1.29, 1.82) is 0 Å². The number of ether oxygens (including phenoxy) is 2. The van der Waals surface area contributed by atoms with Gasteiger partial charge in [0.25, 0.3) is 0 Å². The molecular formula is C14H24N2O5. The second kappa shape index (κ2) is 7.09. The molecule has 0 radical (unpaired) electrons. The summed E-state index contributed by atoms with van der Waals surface area (Å²) in [7, 11) is 1.61. The molecule has 0 aromatic rings. The van der Waals surface area contributed by atoms with E-state index in [1.165, 1.54) is 0 Å². The van der Waals surface area contributed by atoms with Crippen LogP contribution in [-0.2, 0) is 14.3 Å². The molecule has 2 atom stereocenters. The van der Waals surface area contributed by atoms with E-state index in [9.17, 15) is 14.7 Å². The number of likely N-dealkylation sites (N-methyl/N-ethyl adjacent to an activating group) is 1. The van der Waals surface area contributed by atoms with Crippen LogP contribution in [0.4, 0.5) is 4.79 Å². The average molecular weight is 300 g/mol. The summed E-state index contributed by atoms with van der Waals surface area (Å²) in [5.41, 5.74) is 0. The third-order valence-electron chi connectivity index (χ3n) is 4.12. The lowest BCUT2D eigenvalue weighted by molar-refractivity contribution is -0.142. The van der Waals surface area contributed by atoms with Crippen molar-refractivity contribution in [2.24, 2.45) is 5.92 Å². The van der Waals surface area contributed by atoms with Crippen LogP contribution < -0.4 is 0 Å². The first-order chi connectivity index (χ1) is 10.1. The van der Waals surface area contributed by atoms with E-state index in [4.69, 9.17) is 9.47 Å². The zero-order valence-electron chi connectivity index (χ0n) is 12.7. The van der Waals surface area contributed by atoms with E-state index in [0.29, 0.717) is 26.3 Å². The first-order valence-electron chi connectivity index (χ1n) is 7.46. The smallest absolute Gasteiger partial charge is 0.320 e. The molecule has 0 aromatic heterocycles.